The summed E-state index contributed by atoms with van der Waals surface area (Å²) >= 11 is 0. The van der Waals surface area contributed by atoms with Crippen molar-refractivity contribution in [1.82, 2.24) is 9.13 Å². The predicted octanol–water partition coefficient (Wildman–Crippen LogP) is 23.9. The Labute approximate surface area is 536 Å². The molecule has 442 valence electrons. The fraction of sp³-hybridized carbons (Fsp3) is 0.116. The van der Waals surface area contributed by atoms with Crippen LogP contribution in [0.3, 0.4) is 0 Å². The SMILES string of the molecule is CC(C)(C)c1ccc(-c2ccc3c(c2)Oc2cc4c5ccccc5n(-c5ccccc5)c4cc2N3c2ccc3c(c2)C2C=CC=CC2c2cc(N4c5ccc(-c6ccc(C(C)(C)C)cc6)cc5Oc5cc6c7ccccc7n(-c7ccccc7)c6cc54)ccc2-3)cc1. The molecule has 2 aliphatic carbocycles. The van der Waals surface area contributed by atoms with Crippen molar-refractivity contribution < 1.29 is 9.47 Å². The molecule has 4 aliphatic rings. The van der Waals surface area contributed by atoms with Crippen LogP contribution in [0.4, 0.5) is 34.1 Å². The van der Waals surface area contributed by atoms with Gasteiger partial charge in [0, 0.05) is 56.1 Å². The first-order valence-corrected chi connectivity index (χ1v) is 32.2. The maximum Gasteiger partial charge on any atom is 0.152 e. The monoisotopic (exact) mass is 1190 g/mol. The van der Waals surface area contributed by atoms with E-state index in [-0.39, 0.29) is 22.7 Å². The third-order valence-electron chi connectivity index (χ3n) is 19.8. The zero-order valence-electron chi connectivity index (χ0n) is 52.3. The van der Waals surface area contributed by atoms with Crippen LogP contribution in [-0.2, 0) is 10.8 Å². The van der Waals surface area contributed by atoms with E-state index in [1.54, 1.807) is 0 Å². The van der Waals surface area contributed by atoms with Gasteiger partial charge < -0.3 is 28.4 Å². The number of allylic oxidation sites excluding steroid dienone is 4. The lowest BCUT2D eigenvalue weighted by atomic mass is 9.69. The average Bonchev–Trinajstić information content (AvgIpc) is 1.29. The van der Waals surface area contributed by atoms with Crippen LogP contribution in [0, 0.1) is 0 Å². The van der Waals surface area contributed by atoms with Crippen LogP contribution in [0.1, 0.15) is 75.6 Å². The third-order valence-corrected chi connectivity index (χ3v) is 19.8. The van der Waals surface area contributed by atoms with Gasteiger partial charge in [-0.3, -0.25) is 0 Å². The molecule has 2 unspecified atom stereocenters. The van der Waals surface area contributed by atoms with Gasteiger partial charge in [0.05, 0.1) is 44.8 Å². The second-order valence-corrected chi connectivity index (χ2v) is 27.3. The minimum absolute atomic E-state index is 0.0520. The molecule has 14 aromatic rings. The van der Waals surface area contributed by atoms with Crippen molar-refractivity contribution >= 4 is 77.7 Å². The van der Waals surface area contributed by atoms with Crippen molar-refractivity contribution in [2.75, 3.05) is 9.80 Å². The molecule has 92 heavy (non-hydrogen) atoms. The third kappa shape index (κ3) is 8.46. The van der Waals surface area contributed by atoms with E-state index in [9.17, 15) is 0 Å². The molecular weight excluding hydrogens is 1120 g/mol. The number of fused-ring (bicyclic) bond motifs is 16. The second kappa shape index (κ2) is 20.2. The molecular formula is C86H66N4O2. The first-order valence-electron chi connectivity index (χ1n) is 32.2. The highest BCUT2D eigenvalue weighted by atomic mass is 16.5. The summed E-state index contributed by atoms with van der Waals surface area (Å²) < 4.78 is 19.2. The number of hydrogen-bond acceptors (Lipinski definition) is 4. The van der Waals surface area contributed by atoms with E-state index in [0.717, 1.165) is 124 Å². The maximum atomic E-state index is 7.21. The van der Waals surface area contributed by atoms with Crippen molar-refractivity contribution in [3.8, 4) is 67.8 Å². The normalized spacial score (nSPS) is 15.3. The minimum Gasteiger partial charge on any atom is -0.453 e. The van der Waals surface area contributed by atoms with Gasteiger partial charge in [-0.15, -0.1) is 0 Å². The number of anilines is 6. The van der Waals surface area contributed by atoms with Gasteiger partial charge in [0.25, 0.3) is 0 Å². The molecule has 0 saturated heterocycles. The summed E-state index contributed by atoms with van der Waals surface area (Å²) in [6, 6.07) is 94.0. The first-order chi connectivity index (χ1) is 44.9. The maximum absolute atomic E-state index is 7.21. The predicted molar refractivity (Wildman–Crippen MR) is 382 cm³/mol. The summed E-state index contributed by atoms with van der Waals surface area (Å²) in [5.74, 6) is 3.39. The number of hydrogen-bond donors (Lipinski definition) is 0. The van der Waals surface area contributed by atoms with E-state index < -0.39 is 0 Å². The largest absolute Gasteiger partial charge is 0.453 e. The van der Waals surface area contributed by atoms with Gasteiger partial charge in [-0.05, 0) is 176 Å². The van der Waals surface area contributed by atoms with Gasteiger partial charge in [0.15, 0.2) is 23.0 Å². The molecule has 12 aromatic carbocycles. The summed E-state index contributed by atoms with van der Waals surface area (Å²) in [5.41, 5.74) is 25.2. The van der Waals surface area contributed by atoms with Gasteiger partial charge in [-0.1, -0.05) is 211 Å². The summed E-state index contributed by atoms with van der Waals surface area (Å²) in [6.07, 6.45) is 9.30. The molecule has 6 heteroatoms. The minimum atomic E-state index is 0.0520. The molecule has 2 aromatic heterocycles. The van der Waals surface area contributed by atoms with Crippen LogP contribution in [0.5, 0.6) is 23.0 Å². The Hall–Kier alpha value is -11.1. The van der Waals surface area contributed by atoms with Crippen molar-refractivity contribution in [2.45, 2.75) is 64.2 Å². The molecule has 0 radical (unpaired) electrons. The van der Waals surface area contributed by atoms with Gasteiger partial charge in [0.1, 0.15) is 0 Å². The summed E-state index contributed by atoms with van der Waals surface area (Å²) in [4.78, 5) is 4.88. The Morgan fingerprint density at radius 2 is 0.674 bits per heavy atom. The quantitative estimate of drug-likeness (QED) is 0.166. The van der Waals surface area contributed by atoms with Gasteiger partial charge in [0.2, 0.25) is 0 Å². The highest BCUT2D eigenvalue weighted by molar-refractivity contribution is 6.13. The van der Waals surface area contributed by atoms with Crippen LogP contribution in [0.15, 0.2) is 279 Å². The van der Waals surface area contributed by atoms with Gasteiger partial charge >= 0.3 is 0 Å². The number of benzene rings is 12. The lowest BCUT2D eigenvalue weighted by Crippen LogP contribution is -2.20. The molecule has 0 bridgehead atoms. The second-order valence-electron chi connectivity index (χ2n) is 27.3. The van der Waals surface area contributed by atoms with E-state index in [0.29, 0.717) is 0 Å². The van der Waals surface area contributed by atoms with Crippen LogP contribution in [0.25, 0.3) is 88.4 Å². The molecule has 2 aliphatic heterocycles. The molecule has 0 amide bonds. The van der Waals surface area contributed by atoms with E-state index in [1.165, 1.54) is 44.2 Å². The molecule has 0 spiro atoms. The lowest BCUT2D eigenvalue weighted by Gasteiger charge is -2.38. The highest BCUT2D eigenvalue weighted by Crippen LogP contribution is 2.59. The fourth-order valence-corrected chi connectivity index (χ4v) is 15.1. The number of nitrogens with zero attached hydrogens (tertiary/aromatic N) is 4. The molecule has 0 saturated carbocycles. The molecule has 6 nitrogen and oxygen atoms in total. The molecule has 4 heterocycles. The van der Waals surface area contributed by atoms with Crippen LogP contribution < -0.4 is 19.3 Å². The van der Waals surface area contributed by atoms with Crippen LogP contribution >= 0.6 is 0 Å². The number of ether oxygens (including phenoxy) is 2. The van der Waals surface area contributed by atoms with E-state index in [4.69, 9.17) is 9.47 Å². The van der Waals surface area contributed by atoms with E-state index >= 15 is 0 Å². The first kappa shape index (κ1) is 53.9. The summed E-state index contributed by atoms with van der Waals surface area (Å²) in [7, 11) is 0. The van der Waals surface area contributed by atoms with Crippen molar-refractivity contribution in [1.29, 1.82) is 0 Å². The van der Waals surface area contributed by atoms with Crippen LogP contribution in [-0.4, -0.2) is 9.13 Å². The Morgan fingerprint density at radius 3 is 1.09 bits per heavy atom. The standard InChI is InChI=1S/C86H66N4O2/c1-85(2,3)57-35-29-53(30-36-57)55-33-43-75-81(45-55)91-83-49-71-67-25-15-17-27-73(67)87(59-19-9-7-10-20-59)77(71)51-79(83)89(75)61-39-41-65-66-42-40-62(48-70(66)64-24-14-13-23-63(64)69(65)47-61)90-76-44-34-56(54-31-37-58(38-32-54)86(4,5)6)46-82(76)92-84-50-72-68-26-16-18-28-74(68)88(78(72)52-80(84)90)60-21-11-8-12-22-60/h7-52,63-64H,1-6H3. The Morgan fingerprint density at radius 1 is 0.293 bits per heavy atom. The van der Waals surface area contributed by atoms with Crippen molar-refractivity contribution in [3.05, 3.63) is 301 Å². The molecule has 0 fully saturated rings. The Balaban J connectivity index is 0.799. The summed E-state index contributed by atoms with van der Waals surface area (Å²) in [5, 5.41) is 4.64. The van der Waals surface area contributed by atoms with Crippen molar-refractivity contribution in [3.63, 3.8) is 0 Å². The molecule has 2 atom stereocenters. The number of rotatable bonds is 6. The fourth-order valence-electron chi connectivity index (χ4n) is 15.1. The smallest absolute Gasteiger partial charge is 0.152 e. The zero-order valence-corrected chi connectivity index (χ0v) is 52.3. The van der Waals surface area contributed by atoms with Crippen LogP contribution in [0.2, 0.25) is 0 Å². The number of para-hydroxylation sites is 4. The Bertz CT molecular complexity index is 5080. The Kier molecular flexibility index (Phi) is 11.8. The number of aromatic nitrogens is 2. The molecule has 18 rings (SSSR count). The van der Waals surface area contributed by atoms with E-state index in [2.05, 4.69) is 340 Å². The average molecular weight is 1190 g/mol. The van der Waals surface area contributed by atoms with E-state index in [1.807, 2.05) is 0 Å². The zero-order chi connectivity index (χ0) is 61.7. The summed E-state index contributed by atoms with van der Waals surface area (Å²) in [6.45, 7) is 13.6. The topological polar surface area (TPSA) is 34.8 Å². The van der Waals surface area contributed by atoms with Gasteiger partial charge in [-0.2, -0.15) is 0 Å². The van der Waals surface area contributed by atoms with Crippen molar-refractivity contribution in [2.24, 2.45) is 0 Å². The van der Waals surface area contributed by atoms with Gasteiger partial charge in [-0.25, -0.2) is 0 Å². The molecule has 0 N–H and O–H groups in total. The lowest BCUT2D eigenvalue weighted by molar-refractivity contribution is 0.477. The highest BCUT2D eigenvalue weighted by Gasteiger charge is 2.37.